The van der Waals surface area contributed by atoms with Crippen molar-refractivity contribution < 1.29 is 4.79 Å². The third kappa shape index (κ3) is 3.01. The number of amides is 1. The molecule has 3 N–H and O–H groups in total. The van der Waals surface area contributed by atoms with E-state index in [-0.39, 0.29) is 17.4 Å². The van der Waals surface area contributed by atoms with E-state index in [1.54, 1.807) is 0 Å². The highest BCUT2D eigenvalue weighted by molar-refractivity contribution is 5.79. The number of nitrogens with two attached hydrogens (primary N) is 1. The molecule has 2 atom stereocenters. The van der Waals surface area contributed by atoms with Crippen molar-refractivity contribution in [2.45, 2.75) is 64.5 Å². The Bertz CT molecular complexity index is 281. The summed E-state index contributed by atoms with van der Waals surface area (Å²) in [6.07, 6.45) is 5.74. The Morgan fingerprint density at radius 2 is 1.71 bits per heavy atom. The van der Waals surface area contributed by atoms with E-state index >= 15 is 0 Å². The van der Waals surface area contributed by atoms with Crippen molar-refractivity contribution in [3.63, 3.8) is 0 Å². The van der Waals surface area contributed by atoms with Crippen LogP contribution >= 0.6 is 0 Å². The van der Waals surface area contributed by atoms with Crippen LogP contribution in [0.3, 0.4) is 0 Å². The Morgan fingerprint density at radius 3 is 2.18 bits per heavy atom. The van der Waals surface area contributed by atoms with Crippen molar-refractivity contribution in [1.82, 2.24) is 5.32 Å². The number of nitrogens with one attached hydrogen (secondary N) is 1. The molecule has 0 aromatic heterocycles. The first-order chi connectivity index (χ1) is 7.87. The van der Waals surface area contributed by atoms with E-state index in [4.69, 9.17) is 5.73 Å². The third-order valence-corrected chi connectivity index (χ3v) is 4.28. The quantitative estimate of drug-likeness (QED) is 0.734. The van der Waals surface area contributed by atoms with E-state index in [1.807, 2.05) is 20.8 Å². The molecule has 17 heavy (non-hydrogen) atoms. The smallest absolute Gasteiger partial charge is 0.223 e. The minimum absolute atomic E-state index is 0.119. The SMILES string of the molecule is CC(C)(C)NC(=O)C1CC2CCCC(C1)C2N. The summed E-state index contributed by atoms with van der Waals surface area (Å²) in [6, 6.07) is 0.349. The number of fused-ring (bicyclic) bond motifs is 2. The number of rotatable bonds is 1. The first-order valence-corrected chi connectivity index (χ1v) is 6.94. The highest BCUT2D eigenvalue weighted by atomic mass is 16.2. The maximum atomic E-state index is 12.2. The largest absolute Gasteiger partial charge is 0.351 e. The fourth-order valence-corrected chi connectivity index (χ4v) is 3.47. The lowest BCUT2D eigenvalue weighted by molar-refractivity contribution is -0.129. The molecule has 0 spiro atoms. The van der Waals surface area contributed by atoms with Gasteiger partial charge in [-0.1, -0.05) is 6.42 Å². The molecule has 2 fully saturated rings. The van der Waals surface area contributed by atoms with Gasteiger partial charge in [0.25, 0.3) is 0 Å². The van der Waals surface area contributed by atoms with Gasteiger partial charge in [0, 0.05) is 17.5 Å². The molecule has 2 aliphatic carbocycles. The van der Waals surface area contributed by atoms with Gasteiger partial charge in [0.2, 0.25) is 5.91 Å². The lowest BCUT2D eigenvalue weighted by Gasteiger charge is -2.44. The summed E-state index contributed by atoms with van der Waals surface area (Å²) in [5.41, 5.74) is 6.12. The summed E-state index contributed by atoms with van der Waals surface area (Å²) in [6.45, 7) is 6.13. The monoisotopic (exact) mass is 238 g/mol. The topological polar surface area (TPSA) is 55.1 Å². The first-order valence-electron chi connectivity index (χ1n) is 6.94. The zero-order valence-electron chi connectivity index (χ0n) is 11.3. The van der Waals surface area contributed by atoms with Crippen LogP contribution in [0, 0.1) is 17.8 Å². The van der Waals surface area contributed by atoms with Crippen molar-refractivity contribution in [2.24, 2.45) is 23.5 Å². The molecule has 2 unspecified atom stereocenters. The van der Waals surface area contributed by atoms with Crippen LogP contribution in [-0.2, 0) is 4.79 Å². The van der Waals surface area contributed by atoms with E-state index in [2.05, 4.69) is 5.32 Å². The predicted octanol–water partition coefficient (Wildman–Crippen LogP) is 2.05. The second kappa shape index (κ2) is 4.60. The summed E-state index contributed by atoms with van der Waals surface area (Å²) < 4.78 is 0. The van der Waals surface area contributed by atoms with Crippen LogP contribution in [0.15, 0.2) is 0 Å². The Balaban J connectivity index is 1.97. The summed E-state index contributed by atoms with van der Waals surface area (Å²) in [5, 5.41) is 3.11. The Morgan fingerprint density at radius 1 is 1.18 bits per heavy atom. The molecule has 2 saturated carbocycles. The van der Waals surface area contributed by atoms with Gasteiger partial charge in [0.1, 0.15) is 0 Å². The van der Waals surface area contributed by atoms with Crippen molar-refractivity contribution in [1.29, 1.82) is 0 Å². The van der Waals surface area contributed by atoms with Crippen LogP contribution in [-0.4, -0.2) is 17.5 Å². The van der Waals surface area contributed by atoms with Gasteiger partial charge in [-0.15, -0.1) is 0 Å². The van der Waals surface area contributed by atoms with Crippen molar-refractivity contribution >= 4 is 5.91 Å². The Hall–Kier alpha value is -0.570. The maximum absolute atomic E-state index is 12.2. The average molecular weight is 238 g/mol. The molecule has 0 aromatic carbocycles. The molecule has 98 valence electrons. The van der Waals surface area contributed by atoms with Crippen molar-refractivity contribution in [3.05, 3.63) is 0 Å². The van der Waals surface area contributed by atoms with E-state index in [1.165, 1.54) is 19.3 Å². The number of hydrogen-bond donors (Lipinski definition) is 2. The van der Waals surface area contributed by atoms with Crippen LogP contribution in [0.25, 0.3) is 0 Å². The van der Waals surface area contributed by atoms with Gasteiger partial charge in [-0.3, -0.25) is 4.79 Å². The van der Waals surface area contributed by atoms with Crippen molar-refractivity contribution in [2.75, 3.05) is 0 Å². The van der Waals surface area contributed by atoms with Gasteiger partial charge in [0.05, 0.1) is 0 Å². The van der Waals surface area contributed by atoms with Gasteiger partial charge in [-0.25, -0.2) is 0 Å². The standard InChI is InChI=1S/C14H26N2O/c1-14(2,3)16-13(17)11-7-9-5-4-6-10(8-11)12(9)15/h9-12H,4-8,15H2,1-3H3,(H,16,17). The van der Waals surface area contributed by atoms with Crippen LogP contribution in [0.4, 0.5) is 0 Å². The minimum Gasteiger partial charge on any atom is -0.351 e. The van der Waals surface area contributed by atoms with Gasteiger partial charge >= 0.3 is 0 Å². The van der Waals surface area contributed by atoms with E-state index in [9.17, 15) is 4.79 Å². The molecule has 2 rings (SSSR count). The summed E-state index contributed by atoms with van der Waals surface area (Å²) in [4.78, 5) is 12.2. The zero-order valence-corrected chi connectivity index (χ0v) is 11.3. The van der Waals surface area contributed by atoms with E-state index in [0.29, 0.717) is 17.9 Å². The third-order valence-electron chi connectivity index (χ3n) is 4.28. The van der Waals surface area contributed by atoms with Crippen LogP contribution in [0.5, 0.6) is 0 Å². The summed E-state index contributed by atoms with van der Waals surface area (Å²) in [5.74, 6) is 1.60. The minimum atomic E-state index is -0.119. The molecule has 2 bridgehead atoms. The molecular weight excluding hydrogens is 212 g/mol. The van der Waals surface area contributed by atoms with Crippen LogP contribution in [0.2, 0.25) is 0 Å². The zero-order chi connectivity index (χ0) is 12.6. The van der Waals surface area contributed by atoms with E-state index in [0.717, 1.165) is 12.8 Å². The fourth-order valence-electron chi connectivity index (χ4n) is 3.47. The summed E-state index contributed by atoms with van der Waals surface area (Å²) in [7, 11) is 0. The highest BCUT2D eigenvalue weighted by Gasteiger charge is 2.40. The molecule has 0 radical (unpaired) electrons. The second-order valence-corrected chi connectivity index (χ2v) is 6.94. The number of carbonyl (C=O) groups excluding carboxylic acids is 1. The molecule has 0 aliphatic heterocycles. The molecule has 2 aliphatic rings. The molecule has 0 heterocycles. The van der Waals surface area contributed by atoms with Gasteiger partial charge in [-0.2, -0.15) is 0 Å². The van der Waals surface area contributed by atoms with Gasteiger partial charge < -0.3 is 11.1 Å². The highest BCUT2D eigenvalue weighted by Crippen LogP contribution is 2.41. The maximum Gasteiger partial charge on any atom is 0.223 e. The fraction of sp³-hybridized carbons (Fsp3) is 0.929. The van der Waals surface area contributed by atoms with Crippen molar-refractivity contribution in [3.8, 4) is 0 Å². The molecule has 1 amide bonds. The lowest BCUT2D eigenvalue weighted by atomic mass is 9.65. The van der Waals surface area contributed by atoms with Gasteiger partial charge in [0.15, 0.2) is 0 Å². The number of carbonyl (C=O) groups is 1. The average Bonchev–Trinajstić information content (AvgIpc) is 2.13. The normalized spacial score (nSPS) is 37.6. The van der Waals surface area contributed by atoms with Crippen LogP contribution in [0.1, 0.15) is 52.9 Å². The number of hydrogen-bond acceptors (Lipinski definition) is 2. The molecule has 0 saturated heterocycles. The van der Waals surface area contributed by atoms with Gasteiger partial charge in [-0.05, 0) is 58.3 Å². The summed E-state index contributed by atoms with van der Waals surface area (Å²) >= 11 is 0. The molecular formula is C14H26N2O. The predicted molar refractivity (Wildman–Crippen MR) is 69.4 cm³/mol. The van der Waals surface area contributed by atoms with E-state index < -0.39 is 0 Å². The molecule has 3 nitrogen and oxygen atoms in total. The van der Waals surface area contributed by atoms with Crippen LogP contribution < -0.4 is 11.1 Å². The Labute approximate surface area is 105 Å². The lowest BCUT2D eigenvalue weighted by Crippen LogP contribution is -2.51. The molecule has 3 heteroatoms. The Kier molecular flexibility index (Phi) is 3.48. The molecule has 0 aromatic rings. The second-order valence-electron chi connectivity index (χ2n) is 6.94. The first kappa shape index (κ1) is 12.9.